The van der Waals surface area contributed by atoms with E-state index in [4.69, 9.17) is 0 Å². The van der Waals surface area contributed by atoms with Crippen LogP contribution in [0.25, 0.3) is 5.00 Å². The van der Waals surface area contributed by atoms with Crippen LogP contribution >= 0.6 is 11.3 Å². The summed E-state index contributed by atoms with van der Waals surface area (Å²) in [6.45, 7) is 0.0918. The molecule has 0 spiro atoms. The molecule has 0 aliphatic rings. The Morgan fingerprint density at radius 2 is 2.12 bits per heavy atom. The number of hydrogen-bond acceptors (Lipinski definition) is 5. The number of nitrogens with zero attached hydrogens (tertiary/aromatic N) is 3. The predicted molar refractivity (Wildman–Crippen MR) is 83.5 cm³/mol. The van der Waals surface area contributed by atoms with Crippen molar-refractivity contribution < 1.29 is 22.7 Å². The van der Waals surface area contributed by atoms with Gasteiger partial charge >= 0.3 is 6.36 Å². The number of thiophene rings is 1. The van der Waals surface area contributed by atoms with E-state index in [0.29, 0.717) is 5.69 Å². The second kappa shape index (κ2) is 6.93. The molecule has 1 aromatic carbocycles. The third-order valence-corrected chi connectivity index (χ3v) is 3.89. The number of benzene rings is 1. The fraction of sp³-hybridized carbons (Fsp3) is 0.133. The molecule has 0 unspecified atom stereocenters. The third-order valence-electron chi connectivity index (χ3n) is 3.03. The molecule has 3 rings (SSSR count). The number of amides is 1. The van der Waals surface area contributed by atoms with Crippen LogP contribution in [0.2, 0.25) is 0 Å². The first-order chi connectivity index (χ1) is 11.9. The van der Waals surface area contributed by atoms with E-state index in [-0.39, 0.29) is 12.1 Å². The van der Waals surface area contributed by atoms with Crippen molar-refractivity contribution in [1.82, 2.24) is 20.3 Å². The Hall–Kier alpha value is -2.88. The zero-order valence-electron chi connectivity index (χ0n) is 12.5. The molecule has 0 saturated carbocycles. The number of nitrogens with one attached hydrogen (secondary N) is 1. The largest absolute Gasteiger partial charge is 0.573 e. The Bertz CT molecular complexity index is 862. The normalized spacial score (nSPS) is 11.3. The van der Waals surface area contributed by atoms with Gasteiger partial charge in [0.1, 0.15) is 16.4 Å². The lowest BCUT2D eigenvalue weighted by atomic mass is 10.2. The Morgan fingerprint density at radius 3 is 2.84 bits per heavy atom. The molecule has 2 aromatic heterocycles. The highest BCUT2D eigenvalue weighted by atomic mass is 32.1. The predicted octanol–water partition coefficient (Wildman–Crippen LogP) is 3.16. The van der Waals surface area contributed by atoms with Gasteiger partial charge in [-0.05, 0) is 35.7 Å². The van der Waals surface area contributed by atoms with E-state index in [1.807, 2.05) is 17.5 Å². The Kier molecular flexibility index (Phi) is 4.70. The quantitative estimate of drug-likeness (QED) is 0.751. The molecular weight excluding hydrogens is 357 g/mol. The van der Waals surface area contributed by atoms with Crippen molar-refractivity contribution in [2.45, 2.75) is 12.9 Å². The molecule has 3 aromatic rings. The molecule has 2 heterocycles. The van der Waals surface area contributed by atoms with E-state index >= 15 is 0 Å². The number of alkyl halides is 3. The second-order valence-electron chi connectivity index (χ2n) is 4.86. The van der Waals surface area contributed by atoms with Gasteiger partial charge in [-0.3, -0.25) is 4.79 Å². The van der Waals surface area contributed by atoms with Gasteiger partial charge in [-0.2, -0.15) is 0 Å². The summed E-state index contributed by atoms with van der Waals surface area (Å²) < 4.78 is 42.0. The number of ether oxygens (including phenoxy) is 1. The highest BCUT2D eigenvalue weighted by molar-refractivity contribution is 7.12. The molecule has 0 aliphatic carbocycles. The van der Waals surface area contributed by atoms with Gasteiger partial charge in [0.05, 0.1) is 12.7 Å². The summed E-state index contributed by atoms with van der Waals surface area (Å²) >= 11 is 1.48. The van der Waals surface area contributed by atoms with Crippen LogP contribution in [0, 0.1) is 0 Å². The van der Waals surface area contributed by atoms with Gasteiger partial charge in [0.2, 0.25) is 0 Å². The average Bonchev–Trinajstić information content (AvgIpc) is 3.22. The highest BCUT2D eigenvalue weighted by Gasteiger charge is 2.31. The van der Waals surface area contributed by atoms with Crippen molar-refractivity contribution in [3.8, 4) is 10.8 Å². The van der Waals surface area contributed by atoms with Crippen molar-refractivity contribution in [2.75, 3.05) is 0 Å². The SMILES string of the molecule is O=C(NCc1cn(-c2cccs2)nn1)c1cccc(OC(F)(F)F)c1. The molecule has 25 heavy (non-hydrogen) atoms. The fourth-order valence-electron chi connectivity index (χ4n) is 1.99. The first kappa shape index (κ1) is 17.0. The van der Waals surface area contributed by atoms with E-state index in [1.54, 1.807) is 10.9 Å². The molecule has 0 fully saturated rings. The molecular formula is C15H11F3N4O2S. The van der Waals surface area contributed by atoms with Gasteiger partial charge in [0, 0.05) is 5.56 Å². The minimum absolute atomic E-state index is 0.0485. The monoisotopic (exact) mass is 368 g/mol. The summed E-state index contributed by atoms with van der Waals surface area (Å²) in [4.78, 5) is 12.1. The van der Waals surface area contributed by atoms with Crippen LogP contribution < -0.4 is 10.1 Å². The minimum Gasteiger partial charge on any atom is -0.406 e. The van der Waals surface area contributed by atoms with Gasteiger partial charge in [0.15, 0.2) is 0 Å². The van der Waals surface area contributed by atoms with Crippen LogP contribution in [0.1, 0.15) is 16.1 Å². The topological polar surface area (TPSA) is 69.0 Å². The van der Waals surface area contributed by atoms with E-state index in [1.165, 1.54) is 23.5 Å². The maximum Gasteiger partial charge on any atom is 0.573 e. The Morgan fingerprint density at radius 1 is 1.28 bits per heavy atom. The van der Waals surface area contributed by atoms with Crippen LogP contribution in [0.4, 0.5) is 13.2 Å². The van der Waals surface area contributed by atoms with Crippen LogP contribution in [-0.2, 0) is 6.54 Å². The van der Waals surface area contributed by atoms with Gasteiger partial charge in [0.25, 0.3) is 5.91 Å². The molecule has 130 valence electrons. The summed E-state index contributed by atoms with van der Waals surface area (Å²) in [5.74, 6) is -0.998. The molecule has 0 bridgehead atoms. The lowest BCUT2D eigenvalue weighted by Crippen LogP contribution is -2.23. The van der Waals surface area contributed by atoms with Gasteiger partial charge in [-0.1, -0.05) is 11.3 Å². The van der Waals surface area contributed by atoms with Crippen molar-refractivity contribution in [2.24, 2.45) is 0 Å². The summed E-state index contributed by atoms with van der Waals surface area (Å²) in [5.41, 5.74) is 0.567. The molecule has 0 radical (unpaired) electrons. The average molecular weight is 368 g/mol. The standard InChI is InChI=1S/C15H11F3N4O2S/c16-15(17,18)24-12-4-1-3-10(7-12)14(23)19-8-11-9-22(21-20-11)13-5-2-6-25-13/h1-7,9H,8H2,(H,19,23). The lowest BCUT2D eigenvalue weighted by Gasteiger charge is -2.10. The summed E-state index contributed by atoms with van der Waals surface area (Å²) in [7, 11) is 0. The molecule has 1 amide bonds. The molecule has 6 nitrogen and oxygen atoms in total. The smallest absolute Gasteiger partial charge is 0.406 e. The molecule has 0 atom stereocenters. The number of hydrogen-bond donors (Lipinski definition) is 1. The van der Waals surface area contributed by atoms with Crippen molar-refractivity contribution in [3.63, 3.8) is 0 Å². The first-order valence-corrected chi connectivity index (χ1v) is 7.88. The van der Waals surface area contributed by atoms with Crippen molar-refractivity contribution in [1.29, 1.82) is 0 Å². The number of carbonyl (C=O) groups is 1. The maximum absolute atomic E-state index is 12.2. The van der Waals surface area contributed by atoms with Gasteiger partial charge in [-0.25, -0.2) is 4.68 Å². The van der Waals surface area contributed by atoms with Crippen LogP contribution in [0.15, 0.2) is 48.0 Å². The highest BCUT2D eigenvalue weighted by Crippen LogP contribution is 2.23. The summed E-state index contributed by atoms with van der Waals surface area (Å²) in [6.07, 6.45) is -3.15. The van der Waals surface area contributed by atoms with Crippen molar-refractivity contribution >= 4 is 17.2 Å². The molecule has 0 aliphatic heterocycles. The lowest BCUT2D eigenvalue weighted by molar-refractivity contribution is -0.274. The Balaban J connectivity index is 1.62. The Labute approximate surface area is 143 Å². The van der Waals surface area contributed by atoms with Gasteiger partial charge in [-0.15, -0.1) is 29.6 Å². The minimum atomic E-state index is -4.81. The van der Waals surface area contributed by atoms with E-state index in [2.05, 4.69) is 20.4 Å². The fourth-order valence-corrected chi connectivity index (χ4v) is 2.65. The zero-order chi connectivity index (χ0) is 17.9. The summed E-state index contributed by atoms with van der Waals surface area (Å²) in [5, 5.41) is 13.2. The first-order valence-electron chi connectivity index (χ1n) is 7.00. The van der Waals surface area contributed by atoms with Gasteiger partial charge < -0.3 is 10.1 Å². The number of carbonyl (C=O) groups excluding carboxylic acids is 1. The maximum atomic E-state index is 12.2. The van der Waals surface area contributed by atoms with Crippen LogP contribution in [0.5, 0.6) is 5.75 Å². The van der Waals surface area contributed by atoms with E-state index in [0.717, 1.165) is 17.1 Å². The zero-order valence-corrected chi connectivity index (χ0v) is 13.3. The van der Waals surface area contributed by atoms with Crippen molar-refractivity contribution in [3.05, 3.63) is 59.2 Å². The third kappa shape index (κ3) is 4.57. The number of halogens is 3. The second-order valence-corrected chi connectivity index (χ2v) is 5.79. The summed E-state index contributed by atoms with van der Waals surface area (Å²) in [6, 6.07) is 8.58. The molecule has 0 saturated heterocycles. The van der Waals surface area contributed by atoms with Crippen LogP contribution in [-0.4, -0.2) is 27.3 Å². The number of rotatable bonds is 5. The van der Waals surface area contributed by atoms with E-state index < -0.39 is 18.0 Å². The molecule has 1 N–H and O–H groups in total. The number of aromatic nitrogens is 3. The van der Waals surface area contributed by atoms with E-state index in [9.17, 15) is 18.0 Å². The van der Waals surface area contributed by atoms with Crippen LogP contribution in [0.3, 0.4) is 0 Å². The molecule has 10 heteroatoms.